The van der Waals surface area contributed by atoms with E-state index in [0.717, 1.165) is 24.0 Å². The van der Waals surface area contributed by atoms with Crippen molar-refractivity contribution in [3.63, 3.8) is 0 Å². The Labute approximate surface area is 122 Å². The number of carboxylic acids is 1. The van der Waals surface area contributed by atoms with Gasteiger partial charge in [0, 0.05) is 41.8 Å². The number of carboxylic acid groups (broad SMARTS) is 1. The predicted molar refractivity (Wildman–Crippen MR) is 78.9 cm³/mol. The van der Waals surface area contributed by atoms with Gasteiger partial charge < -0.3 is 10.1 Å². The molecule has 1 aliphatic heterocycles. The van der Waals surface area contributed by atoms with Crippen molar-refractivity contribution < 1.29 is 9.90 Å². The van der Waals surface area contributed by atoms with Crippen molar-refractivity contribution in [1.82, 2.24) is 9.88 Å². The molecule has 2 N–H and O–H groups in total. The van der Waals surface area contributed by atoms with Crippen molar-refractivity contribution in [3.8, 4) is 0 Å². The van der Waals surface area contributed by atoms with Crippen LogP contribution in [0.1, 0.15) is 12.5 Å². The first-order valence-corrected chi connectivity index (χ1v) is 7.13. The minimum Gasteiger partial charge on any atom is -0.481 e. The number of benzene rings is 1. The molecular formula is C15H17ClN2O2. The fourth-order valence-corrected chi connectivity index (χ4v) is 3.22. The maximum Gasteiger partial charge on any atom is 0.308 e. The third-order valence-electron chi connectivity index (χ3n) is 4.13. The third-order valence-corrected chi connectivity index (χ3v) is 4.36. The number of aliphatic carboxylic acids is 1. The zero-order chi connectivity index (χ0) is 14.3. The molecule has 0 saturated carbocycles. The molecule has 1 aliphatic rings. The summed E-state index contributed by atoms with van der Waals surface area (Å²) < 4.78 is 0. The lowest BCUT2D eigenvalue weighted by atomic mass is 9.99. The van der Waals surface area contributed by atoms with Crippen LogP contribution in [0.5, 0.6) is 0 Å². The molecule has 4 nitrogen and oxygen atoms in total. The fraction of sp³-hybridized carbons (Fsp3) is 0.400. The highest BCUT2D eigenvalue weighted by molar-refractivity contribution is 6.31. The summed E-state index contributed by atoms with van der Waals surface area (Å²) in [7, 11) is 0. The zero-order valence-electron chi connectivity index (χ0n) is 11.3. The Bertz CT molecular complexity index is 652. The molecule has 1 fully saturated rings. The van der Waals surface area contributed by atoms with E-state index in [1.807, 2.05) is 31.3 Å². The van der Waals surface area contributed by atoms with E-state index < -0.39 is 5.97 Å². The molecule has 106 valence electrons. The Morgan fingerprint density at radius 3 is 3.00 bits per heavy atom. The summed E-state index contributed by atoms with van der Waals surface area (Å²) in [6, 6.07) is 5.80. The summed E-state index contributed by atoms with van der Waals surface area (Å²) in [5.41, 5.74) is 2.21. The van der Waals surface area contributed by atoms with Gasteiger partial charge in [0.1, 0.15) is 0 Å². The van der Waals surface area contributed by atoms with Crippen molar-refractivity contribution in [3.05, 3.63) is 35.0 Å². The highest BCUT2D eigenvalue weighted by atomic mass is 35.5. The number of aromatic nitrogens is 1. The van der Waals surface area contributed by atoms with Crippen LogP contribution < -0.4 is 0 Å². The molecule has 2 atom stereocenters. The summed E-state index contributed by atoms with van der Waals surface area (Å²) in [5, 5.41) is 11.1. The number of carbonyl (C=O) groups is 1. The summed E-state index contributed by atoms with van der Waals surface area (Å²) in [5.74, 6) is -0.743. The second-order valence-electron chi connectivity index (χ2n) is 5.62. The number of aromatic amines is 1. The van der Waals surface area contributed by atoms with Gasteiger partial charge in [-0.15, -0.1) is 0 Å². The highest BCUT2D eigenvalue weighted by Crippen LogP contribution is 2.28. The lowest BCUT2D eigenvalue weighted by Crippen LogP contribution is -2.23. The number of hydrogen-bond acceptors (Lipinski definition) is 2. The van der Waals surface area contributed by atoms with E-state index in [9.17, 15) is 9.90 Å². The van der Waals surface area contributed by atoms with Crippen LogP contribution in [0.2, 0.25) is 5.02 Å². The van der Waals surface area contributed by atoms with E-state index in [1.54, 1.807) is 0 Å². The molecule has 0 aliphatic carbocycles. The maximum atomic E-state index is 11.2. The van der Waals surface area contributed by atoms with Gasteiger partial charge >= 0.3 is 5.97 Å². The molecule has 1 aromatic heterocycles. The van der Waals surface area contributed by atoms with Crippen LogP contribution in [-0.2, 0) is 11.3 Å². The van der Waals surface area contributed by atoms with E-state index in [4.69, 9.17) is 11.6 Å². The second kappa shape index (κ2) is 5.11. The van der Waals surface area contributed by atoms with Gasteiger partial charge in [0.05, 0.1) is 5.92 Å². The van der Waals surface area contributed by atoms with Crippen molar-refractivity contribution in [2.75, 3.05) is 13.1 Å². The zero-order valence-corrected chi connectivity index (χ0v) is 12.0. The lowest BCUT2D eigenvalue weighted by Gasteiger charge is -2.14. The largest absolute Gasteiger partial charge is 0.481 e. The van der Waals surface area contributed by atoms with Gasteiger partial charge in [0.2, 0.25) is 0 Å². The van der Waals surface area contributed by atoms with Crippen molar-refractivity contribution >= 4 is 28.5 Å². The molecule has 1 aromatic carbocycles. The molecular weight excluding hydrogens is 276 g/mol. The summed E-state index contributed by atoms with van der Waals surface area (Å²) in [6.45, 7) is 4.23. The Morgan fingerprint density at radius 1 is 1.50 bits per heavy atom. The van der Waals surface area contributed by atoms with Crippen LogP contribution in [0.25, 0.3) is 10.9 Å². The number of likely N-dealkylation sites (tertiary alicyclic amines) is 1. The van der Waals surface area contributed by atoms with Crippen LogP contribution in [0, 0.1) is 11.8 Å². The lowest BCUT2D eigenvalue weighted by molar-refractivity contribution is -0.142. The van der Waals surface area contributed by atoms with Gasteiger partial charge in [-0.05, 0) is 23.6 Å². The third kappa shape index (κ3) is 2.41. The van der Waals surface area contributed by atoms with Crippen molar-refractivity contribution in [2.24, 2.45) is 11.8 Å². The molecule has 0 radical (unpaired) electrons. The Morgan fingerprint density at radius 2 is 2.30 bits per heavy atom. The molecule has 1 saturated heterocycles. The van der Waals surface area contributed by atoms with Crippen LogP contribution in [-0.4, -0.2) is 34.0 Å². The van der Waals surface area contributed by atoms with Gasteiger partial charge in [0.25, 0.3) is 0 Å². The molecule has 2 aromatic rings. The number of fused-ring (bicyclic) bond motifs is 1. The van der Waals surface area contributed by atoms with E-state index in [-0.39, 0.29) is 11.8 Å². The minimum absolute atomic E-state index is 0.201. The molecule has 2 heterocycles. The quantitative estimate of drug-likeness (QED) is 0.914. The number of rotatable bonds is 3. The fourth-order valence-electron chi connectivity index (χ4n) is 3.05. The number of nitrogens with one attached hydrogen (secondary N) is 1. The molecule has 3 rings (SSSR count). The first-order chi connectivity index (χ1) is 9.54. The molecule has 0 spiro atoms. The van der Waals surface area contributed by atoms with E-state index in [2.05, 4.69) is 9.88 Å². The first-order valence-electron chi connectivity index (χ1n) is 6.75. The van der Waals surface area contributed by atoms with E-state index in [0.29, 0.717) is 11.6 Å². The average Bonchev–Trinajstić information content (AvgIpc) is 2.94. The topological polar surface area (TPSA) is 56.3 Å². The van der Waals surface area contributed by atoms with Crippen LogP contribution in [0.4, 0.5) is 0 Å². The first kappa shape index (κ1) is 13.5. The summed E-state index contributed by atoms with van der Waals surface area (Å²) >= 11 is 5.98. The number of nitrogens with zero attached hydrogens (tertiary/aromatic N) is 1. The molecule has 5 heteroatoms. The van der Waals surface area contributed by atoms with Gasteiger partial charge in [-0.2, -0.15) is 0 Å². The van der Waals surface area contributed by atoms with Gasteiger partial charge in [-0.1, -0.05) is 24.6 Å². The molecule has 2 unspecified atom stereocenters. The Hall–Kier alpha value is -1.52. The maximum absolute atomic E-state index is 11.2. The van der Waals surface area contributed by atoms with E-state index >= 15 is 0 Å². The smallest absolute Gasteiger partial charge is 0.308 e. The number of halogens is 1. The number of H-pyrrole nitrogens is 1. The van der Waals surface area contributed by atoms with Gasteiger partial charge in [-0.25, -0.2) is 0 Å². The second-order valence-corrected chi connectivity index (χ2v) is 6.06. The van der Waals surface area contributed by atoms with Gasteiger partial charge in [-0.3, -0.25) is 9.69 Å². The minimum atomic E-state index is -0.689. The number of hydrogen-bond donors (Lipinski definition) is 2. The normalized spacial score (nSPS) is 23.5. The standard InChI is InChI=1S/C15H17ClN2O2/c1-9-6-18(8-13(9)15(19)20)7-10-5-17-14-4-11(16)2-3-12(10)14/h2-5,9,13,17H,6-8H2,1H3,(H,19,20). The van der Waals surface area contributed by atoms with Gasteiger partial charge in [0.15, 0.2) is 0 Å². The van der Waals surface area contributed by atoms with Crippen molar-refractivity contribution in [2.45, 2.75) is 13.5 Å². The summed E-state index contributed by atoms with van der Waals surface area (Å²) in [4.78, 5) is 16.6. The predicted octanol–water partition coefficient (Wildman–Crippen LogP) is 2.97. The van der Waals surface area contributed by atoms with E-state index in [1.165, 1.54) is 5.56 Å². The summed E-state index contributed by atoms with van der Waals surface area (Å²) in [6.07, 6.45) is 1.99. The highest BCUT2D eigenvalue weighted by Gasteiger charge is 2.34. The molecule has 0 bridgehead atoms. The van der Waals surface area contributed by atoms with Crippen molar-refractivity contribution in [1.29, 1.82) is 0 Å². The Balaban J connectivity index is 1.79. The SMILES string of the molecule is CC1CN(Cc2c[nH]c3cc(Cl)ccc23)CC1C(=O)O. The monoisotopic (exact) mass is 292 g/mol. The van der Waals surface area contributed by atoms with Crippen LogP contribution >= 0.6 is 11.6 Å². The van der Waals surface area contributed by atoms with Crippen LogP contribution in [0.3, 0.4) is 0 Å². The molecule has 0 amide bonds. The average molecular weight is 293 g/mol. The van der Waals surface area contributed by atoms with Crippen LogP contribution in [0.15, 0.2) is 24.4 Å². The Kier molecular flexibility index (Phi) is 3.44. The molecule has 20 heavy (non-hydrogen) atoms.